The SMILES string of the molecule is CN(C)Cc1ccccc1[Se](N=[N+]=[N-])(N=[N+]=[N-])c1ccccc1CN(C)C. The van der Waals surface area contributed by atoms with Crippen molar-refractivity contribution < 1.29 is 0 Å². The van der Waals surface area contributed by atoms with Crippen LogP contribution in [0.4, 0.5) is 0 Å². The van der Waals surface area contributed by atoms with Crippen molar-refractivity contribution in [3.05, 3.63) is 80.5 Å². The summed E-state index contributed by atoms with van der Waals surface area (Å²) in [6, 6.07) is 15.5. The first-order valence-corrected chi connectivity index (χ1v) is 11.6. The third-order valence-corrected chi connectivity index (χ3v) is 9.38. The Bertz CT molecular complexity index is 809. The minimum atomic E-state index is -3.65. The molecule has 0 spiro atoms. The van der Waals surface area contributed by atoms with Crippen molar-refractivity contribution in [3.63, 3.8) is 0 Å². The summed E-state index contributed by atoms with van der Waals surface area (Å²) < 4.78 is 10.1. The van der Waals surface area contributed by atoms with Crippen LogP contribution in [0.2, 0.25) is 0 Å². The molecule has 9 heteroatoms. The first-order chi connectivity index (χ1) is 12.9. The van der Waals surface area contributed by atoms with E-state index in [2.05, 4.69) is 18.1 Å². The second kappa shape index (κ2) is 9.44. The van der Waals surface area contributed by atoms with E-state index in [1.165, 1.54) is 0 Å². The molecule has 0 amide bonds. The summed E-state index contributed by atoms with van der Waals surface area (Å²) >= 11 is -3.65. The molecule has 8 nitrogen and oxygen atoms in total. The van der Waals surface area contributed by atoms with Crippen LogP contribution in [0.15, 0.2) is 56.8 Å². The molecule has 0 N–H and O–H groups in total. The van der Waals surface area contributed by atoms with Crippen LogP contribution >= 0.6 is 0 Å². The van der Waals surface area contributed by atoms with Gasteiger partial charge < -0.3 is 0 Å². The molecule has 0 aliphatic carbocycles. The molecule has 2 rings (SSSR count). The summed E-state index contributed by atoms with van der Waals surface area (Å²) in [4.78, 5) is 10.3. The maximum absolute atomic E-state index is 9.39. The predicted octanol–water partition coefficient (Wildman–Crippen LogP) is 2.99. The molecule has 0 bridgehead atoms. The van der Waals surface area contributed by atoms with Crippen LogP contribution in [0.25, 0.3) is 20.9 Å². The molecule has 0 heterocycles. The summed E-state index contributed by atoms with van der Waals surface area (Å²) in [5, 5.41) is 0. The average molecular weight is 431 g/mol. The Hall–Kier alpha value is -2.50. The van der Waals surface area contributed by atoms with Crippen molar-refractivity contribution in [1.29, 1.82) is 0 Å². The first-order valence-electron chi connectivity index (χ1n) is 8.36. The summed E-state index contributed by atoms with van der Waals surface area (Å²) in [6.45, 7) is 1.32. The summed E-state index contributed by atoms with van der Waals surface area (Å²) in [5.74, 6) is 0. The quantitative estimate of drug-likeness (QED) is 0.278. The van der Waals surface area contributed by atoms with Crippen molar-refractivity contribution in [2.45, 2.75) is 13.1 Å². The van der Waals surface area contributed by atoms with Crippen LogP contribution in [0.1, 0.15) is 11.1 Å². The van der Waals surface area contributed by atoms with E-state index in [-0.39, 0.29) is 0 Å². The molecular weight excluding hydrogens is 407 g/mol. The van der Waals surface area contributed by atoms with Crippen LogP contribution < -0.4 is 8.92 Å². The van der Waals surface area contributed by atoms with E-state index in [4.69, 9.17) is 0 Å². The second-order valence-electron chi connectivity index (χ2n) is 6.58. The third-order valence-electron chi connectivity index (χ3n) is 3.84. The molecule has 0 unspecified atom stereocenters. The van der Waals surface area contributed by atoms with Gasteiger partial charge in [0.15, 0.2) is 0 Å². The zero-order valence-corrected chi connectivity index (χ0v) is 17.7. The van der Waals surface area contributed by atoms with Crippen molar-refractivity contribution in [3.8, 4) is 0 Å². The summed E-state index contributed by atoms with van der Waals surface area (Å²) in [5.41, 5.74) is 20.8. The molecule has 0 aliphatic rings. The van der Waals surface area contributed by atoms with Gasteiger partial charge in [-0.25, -0.2) is 0 Å². The number of nitrogens with zero attached hydrogens (tertiary/aromatic N) is 8. The Labute approximate surface area is 162 Å². The van der Waals surface area contributed by atoms with Crippen molar-refractivity contribution >= 4 is 22.2 Å². The van der Waals surface area contributed by atoms with Crippen LogP contribution in [-0.2, 0) is 13.1 Å². The Balaban J connectivity index is 2.85. The van der Waals surface area contributed by atoms with Gasteiger partial charge in [0, 0.05) is 0 Å². The summed E-state index contributed by atoms with van der Waals surface area (Å²) in [6.07, 6.45) is 0. The van der Waals surface area contributed by atoms with Gasteiger partial charge in [-0.2, -0.15) is 0 Å². The van der Waals surface area contributed by atoms with Crippen molar-refractivity contribution in [2.75, 3.05) is 28.2 Å². The fourth-order valence-corrected chi connectivity index (χ4v) is 7.89. The molecule has 2 aromatic rings. The standard InChI is InChI=1S/C18H24N8Se/c1-25(2)13-15-9-5-7-11-17(15)27(23-21-19,24-22-20)18-12-8-6-10-16(18)14-26(3)4/h5-12H,13-14H2,1-4H3. The van der Waals surface area contributed by atoms with Gasteiger partial charge in [-0.1, -0.05) is 0 Å². The monoisotopic (exact) mass is 432 g/mol. The van der Waals surface area contributed by atoms with E-state index in [9.17, 15) is 11.1 Å². The summed E-state index contributed by atoms with van der Waals surface area (Å²) in [7, 11) is 7.90. The molecule has 0 aliphatic heterocycles. The molecule has 27 heavy (non-hydrogen) atoms. The zero-order chi connectivity index (χ0) is 19.9. The topological polar surface area (TPSA) is 104 Å². The number of hydrogen-bond donors (Lipinski definition) is 0. The fourth-order valence-electron chi connectivity index (χ4n) is 2.92. The number of rotatable bonds is 8. The second-order valence-corrected chi connectivity index (χ2v) is 11.4. The van der Waals surface area contributed by atoms with E-state index in [1.54, 1.807) is 0 Å². The van der Waals surface area contributed by atoms with Crippen LogP contribution in [0, 0.1) is 0 Å². The van der Waals surface area contributed by atoms with Gasteiger partial charge in [0.2, 0.25) is 0 Å². The average Bonchev–Trinajstić information content (AvgIpc) is 2.61. The Morgan fingerprint density at radius 3 is 1.44 bits per heavy atom. The van der Waals surface area contributed by atoms with Crippen LogP contribution in [0.5, 0.6) is 0 Å². The number of hydrogen-bond acceptors (Lipinski definition) is 4. The molecule has 0 radical (unpaired) electrons. The number of azide groups is 1. The van der Waals surface area contributed by atoms with E-state index in [0.717, 1.165) is 20.1 Å². The molecule has 0 fully saturated rings. The third kappa shape index (κ3) is 4.81. The van der Waals surface area contributed by atoms with Gasteiger partial charge in [0.05, 0.1) is 0 Å². The molecule has 142 valence electrons. The van der Waals surface area contributed by atoms with Gasteiger partial charge in [0.25, 0.3) is 0 Å². The van der Waals surface area contributed by atoms with E-state index in [1.807, 2.05) is 86.5 Å². The maximum atomic E-state index is 9.39. The predicted molar refractivity (Wildman–Crippen MR) is 111 cm³/mol. The molecule has 0 atom stereocenters. The van der Waals surface area contributed by atoms with Crippen molar-refractivity contribution in [1.82, 2.24) is 9.80 Å². The van der Waals surface area contributed by atoms with Crippen LogP contribution in [0.3, 0.4) is 0 Å². The minimum absolute atomic E-state index is 0.660. The Kier molecular flexibility index (Phi) is 7.27. The molecule has 2 aromatic carbocycles. The van der Waals surface area contributed by atoms with E-state index < -0.39 is 13.3 Å². The normalized spacial score (nSPS) is 11.8. The molecule has 0 saturated carbocycles. The van der Waals surface area contributed by atoms with Crippen molar-refractivity contribution in [2.24, 2.45) is 8.26 Å². The fraction of sp³-hybridized carbons (Fsp3) is 0.333. The van der Waals surface area contributed by atoms with Gasteiger partial charge in [-0.15, -0.1) is 0 Å². The molecule has 0 saturated heterocycles. The Morgan fingerprint density at radius 1 is 0.741 bits per heavy atom. The Morgan fingerprint density at radius 2 is 1.11 bits per heavy atom. The van der Waals surface area contributed by atoms with Gasteiger partial charge in [-0.05, 0) is 0 Å². The van der Waals surface area contributed by atoms with E-state index in [0.29, 0.717) is 13.1 Å². The van der Waals surface area contributed by atoms with Gasteiger partial charge in [0.1, 0.15) is 0 Å². The van der Waals surface area contributed by atoms with Crippen LogP contribution in [-0.4, -0.2) is 51.3 Å². The first kappa shape index (κ1) is 20.8. The zero-order valence-electron chi connectivity index (χ0n) is 16.0. The molecule has 0 aromatic heterocycles. The molecular formula is C18H24N8Se. The number of benzene rings is 2. The van der Waals surface area contributed by atoms with Gasteiger partial charge in [-0.3, -0.25) is 0 Å². The van der Waals surface area contributed by atoms with Gasteiger partial charge >= 0.3 is 162 Å². The van der Waals surface area contributed by atoms with E-state index >= 15 is 0 Å².